The molecule has 1 aromatic carbocycles. The molecule has 0 aliphatic heterocycles. The van der Waals surface area contributed by atoms with E-state index in [2.05, 4.69) is 17.6 Å². The van der Waals surface area contributed by atoms with Gasteiger partial charge in [-0.15, -0.1) is 0 Å². The molecule has 3 amide bonds. The van der Waals surface area contributed by atoms with Crippen molar-refractivity contribution in [1.82, 2.24) is 15.5 Å². The van der Waals surface area contributed by atoms with Crippen LogP contribution in [0.25, 0.3) is 0 Å². The van der Waals surface area contributed by atoms with Crippen molar-refractivity contribution in [2.24, 2.45) is 5.92 Å². The third-order valence-electron chi connectivity index (χ3n) is 6.77. The van der Waals surface area contributed by atoms with Gasteiger partial charge in [0.15, 0.2) is 0 Å². The Morgan fingerprint density at radius 3 is 2.22 bits per heavy atom. The summed E-state index contributed by atoms with van der Waals surface area (Å²) in [7, 11) is 0. The lowest BCUT2D eigenvalue weighted by Gasteiger charge is -2.36. The molecule has 2 unspecified atom stereocenters. The molecule has 2 atom stereocenters. The molecule has 7 heteroatoms. The molecule has 1 fully saturated rings. The zero-order valence-electron chi connectivity index (χ0n) is 23.8. The first-order valence-corrected chi connectivity index (χ1v) is 14.2. The largest absolute Gasteiger partial charge is 0.444 e. The van der Waals surface area contributed by atoms with Gasteiger partial charge in [0.2, 0.25) is 11.8 Å². The Kier molecular flexibility index (Phi) is 12.4. The number of hydrogen-bond donors (Lipinski definition) is 2. The quantitative estimate of drug-likeness (QED) is 0.328. The van der Waals surface area contributed by atoms with Gasteiger partial charge < -0.3 is 20.3 Å². The van der Waals surface area contributed by atoms with Crippen molar-refractivity contribution in [2.45, 2.75) is 123 Å². The average molecular weight is 516 g/mol. The van der Waals surface area contributed by atoms with Crippen molar-refractivity contribution in [3.8, 4) is 0 Å². The van der Waals surface area contributed by atoms with E-state index in [1.54, 1.807) is 25.7 Å². The normalized spacial score (nSPS) is 16.1. The van der Waals surface area contributed by atoms with Crippen LogP contribution in [0.5, 0.6) is 0 Å². The zero-order chi connectivity index (χ0) is 27.4. The number of amides is 3. The summed E-state index contributed by atoms with van der Waals surface area (Å²) in [6, 6.07) is 8.07. The molecular formula is C30H49N3O4. The molecule has 0 heterocycles. The predicted molar refractivity (Wildman–Crippen MR) is 148 cm³/mol. The summed E-state index contributed by atoms with van der Waals surface area (Å²) in [6.07, 6.45) is 8.61. The number of carbonyl (C=O) groups excluding carboxylic acids is 3. The van der Waals surface area contributed by atoms with Crippen LogP contribution in [-0.4, -0.2) is 47.0 Å². The van der Waals surface area contributed by atoms with Gasteiger partial charge in [0.25, 0.3) is 0 Å². The summed E-state index contributed by atoms with van der Waals surface area (Å²) in [6.45, 7) is 11.8. The summed E-state index contributed by atoms with van der Waals surface area (Å²) in [5.41, 5.74) is 0.0976. The van der Waals surface area contributed by atoms with Crippen LogP contribution in [-0.2, 0) is 14.3 Å². The molecule has 1 aliphatic carbocycles. The highest BCUT2D eigenvalue weighted by Gasteiger charge is 2.37. The number of rotatable bonds is 12. The summed E-state index contributed by atoms with van der Waals surface area (Å²) in [5, 5.41) is 6.05. The van der Waals surface area contributed by atoms with Gasteiger partial charge >= 0.3 is 6.09 Å². The van der Waals surface area contributed by atoms with E-state index < -0.39 is 23.8 Å². The second-order valence-electron chi connectivity index (χ2n) is 11.6. The van der Waals surface area contributed by atoms with Crippen molar-refractivity contribution in [1.29, 1.82) is 0 Å². The lowest BCUT2D eigenvalue weighted by atomic mass is 9.94. The molecule has 0 radical (unpaired) electrons. The number of unbranched alkanes of at least 4 members (excludes halogenated alkanes) is 3. The van der Waals surface area contributed by atoms with E-state index in [0.29, 0.717) is 6.54 Å². The Labute approximate surface area is 224 Å². The molecule has 0 aromatic heterocycles. The molecule has 0 spiro atoms. The van der Waals surface area contributed by atoms with E-state index in [1.165, 1.54) is 6.42 Å². The van der Waals surface area contributed by atoms with Gasteiger partial charge in [-0.1, -0.05) is 89.6 Å². The maximum Gasteiger partial charge on any atom is 0.408 e. The highest BCUT2D eigenvalue weighted by atomic mass is 16.6. The fraction of sp³-hybridized carbons (Fsp3) is 0.700. The Morgan fingerprint density at radius 1 is 1.00 bits per heavy atom. The number of alkyl carbamates (subject to hydrolysis) is 1. The van der Waals surface area contributed by atoms with E-state index in [1.807, 2.05) is 44.2 Å². The third-order valence-corrected chi connectivity index (χ3v) is 6.77. The number of benzene rings is 1. The van der Waals surface area contributed by atoms with E-state index in [-0.39, 0.29) is 23.8 Å². The smallest absolute Gasteiger partial charge is 0.408 e. The molecule has 2 rings (SSSR count). The molecule has 1 aromatic rings. The van der Waals surface area contributed by atoms with Crippen molar-refractivity contribution in [3.05, 3.63) is 35.9 Å². The standard InChI is InChI=1S/C30H49N3O4/c1-7-8-9-16-21-33(28(35)25(22(2)3)32-29(36)37-30(4,5)6)26(23-17-12-10-13-18-23)27(34)31-24-19-14-11-15-20-24/h10,12-13,17-18,22,24-26H,7-9,11,14-16,19-21H2,1-6H3,(H,31,34)(H,32,36). The zero-order valence-corrected chi connectivity index (χ0v) is 23.8. The lowest BCUT2D eigenvalue weighted by molar-refractivity contribution is -0.143. The van der Waals surface area contributed by atoms with Crippen LogP contribution in [0.15, 0.2) is 30.3 Å². The second-order valence-corrected chi connectivity index (χ2v) is 11.6. The number of carbonyl (C=O) groups is 3. The fourth-order valence-corrected chi connectivity index (χ4v) is 4.84. The maximum atomic E-state index is 14.1. The van der Waals surface area contributed by atoms with Crippen LogP contribution in [0.1, 0.15) is 111 Å². The molecule has 1 aliphatic rings. The minimum atomic E-state index is -0.810. The van der Waals surface area contributed by atoms with Gasteiger partial charge in [-0.2, -0.15) is 0 Å². The van der Waals surface area contributed by atoms with Crippen LogP contribution < -0.4 is 10.6 Å². The summed E-state index contributed by atoms with van der Waals surface area (Å²) in [5.74, 6) is -0.595. The molecule has 1 saturated carbocycles. The minimum Gasteiger partial charge on any atom is -0.444 e. The van der Waals surface area contributed by atoms with Crippen LogP contribution in [0.4, 0.5) is 4.79 Å². The molecule has 0 bridgehead atoms. The van der Waals surface area contributed by atoms with Gasteiger partial charge in [-0.3, -0.25) is 9.59 Å². The van der Waals surface area contributed by atoms with Crippen LogP contribution in [0.2, 0.25) is 0 Å². The molecule has 7 nitrogen and oxygen atoms in total. The molecule has 0 saturated heterocycles. The predicted octanol–water partition coefficient (Wildman–Crippen LogP) is 6.13. The van der Waals surface area contributed by atoms with Gasteiger partial charge in [-0.05, 0) is 51.5 Å². The monoisotopic (exact) mass is 515 g/mol. The second kappa shape index (κ2) is 15.0. The number of hydrogen-bond acceptors (Lipinski definition) is 4. The summed E-state index contributed by atoms with van der Waals surface area (Å²) < 4.78 is 5.45. The molecule has 208 valence electrons. The number of nitrogens with zero attached hydrogens (tertiary/aromatic N) is 1. The van der Waals surface area contributed by atoms with E-state index in [9.17, 15) is 14.4 Å². The number of nitrogens with one attached hydrogen (secondary N) is 2. The first-order valence-electron chi connectivity index (χ1n) is 14.2. The van der Waals surface area contributed by atoms with Crippen molar-refractivity contribution < 1.29 is 19.1 Å². The Hall–Kier alpha value is -2.57. The van der Waals surface area contributed by atoms with E-state index >= 15 is 0 Å². The third kappa shape index (κ3) is 10.4. The Morgan fingerprint density at radius 2 is 1.65 bits per heavy atom. The first kappa shape index (κ1) is 30.7. The van der Waals surface area contributed by atoms with Crippen LogP contribution >= 0.6 is 0 Å². The minimum absolute atomic E-state index is 0.130. The van der Waals surface area contributed by atoms with Crippen LogP contribution in [0.3, 0.4) is 0 Å². The van der Waals surface area contributed by atoms with Crippen molar-refractivity contribution in [3.63, 3.8) is 0 Å². The van der Waals surface area contributed by atoms with Gasteiger partial charge in [-0.25, -0.2) is 4.79 Å². The number of ether oxygens (including phenoxy) is 1. The molecular weight excluding hydrogens is 466 g/mol. The van der Waals surface area contributed by atoms with Gasteiger partial charge in [0, 0.05) is 12.6 Å². The topological polar surface area (TPSA) is 87.7 Å². The van der Waals surface area contributed by atoms with Crippen LogP contribution in [0, 0.1) is 5.92 Å². The highest BCUT2D eigenvalue weighted by Crippen LogP contribution is 2.26. The lowest BCUT2D eigenvalue weighted by Crippen LogP contribution is -2.55. The SMILES string of the molecule is CCCCCCN(C(=O)C(NC(=O)OC(C)(C)C)C(C)C)C(C(=O)NC1CCCCC1)c1ccccc1. The molecule has 37 heavy (non-hydrogen) atoms. The van der Waals surface area contributed by atoms with E-state index in [4.69, 9.17) is 4.74 Å². The summed E-state index contributed by atoms with van der Waals surface area (Å²) >= 11 is 0. The van der Waals surface area contributed by atoms with Gasteiger partial charge in [0.05, 0.1) is 0 Å². The molecule has 2 N–H and O–H groups in total. The Bertz CT molecular complexity index is 844. The highest BCUT2D eigenvalue weighted by molar-refractivity contribution is 5.92. The average Bonchev–Trinajstić information content (AvgIpc) is 2.84. The Balaban J connectivity index is 2.39. The van der Waals surface area contributed by atoms with E-state index in [0.717, 1.165) is 56.9 Å². The fourth-order valence-electron chi connectivity index (χ4n) is 4.84. The first-order chi connectivity index (χ1) is 17.5. The van der Waals surface area contributed by atoms with Crippen molar-refractivity contribution in [2.75, 3.05) is 6.54 Å². The maximum absolute atomic E-state index is 14.1. The van der Waals surface area contributed by atoms with Gasteiger partial charge in [0.1, 0.15) is 17.7 Å². The summed E-state index contributed by atoms with van der Waals surface area (Å²) in [4.78, 5) is 42.3. The van der Waals surface area contributed by atoms with Crippen molar-refractivity contribution >= 4 is 17.9 Å².